The Bertz CT molecular complexity index is 1160. The monoisotopic (exact) mass is 529 g/mol. The van der Waals surface area contributed by atoms with Crippen LogP contribution in [0.4, 0.5) is 0 Å². The van der Waals surface area contributed by atoms with Gasteiger partial charge in [-0.15, -0.1) is 0 Å². The van der Waals surface area contributed by atoms with E-state index in [0.717, 1.165) is 0 Å². The molecule has 1 aliphatic rings. The standard InChI is InChI=1S/C23H14IO3S2/c24-22-14-13-17(27-22)23(25)26-15-9-11-16(12-10-15)29-20-7-3-1-5-18(20)28-19-6-2-4-8-21(19)29/h1-14H/q+1. The van der Waals surface area contributed by atoms with E-state index in [4.69, 9.17) is 9.15 Å². The molecule has 3 nitrogen and oxygen atoms in total. The highest BCUT2D eigenvalue weighted by molar-refractivity contribution is 14.1. The van der Waals surface area contributed by atoms with Gasteiger partial charge >= 0.3 is 5.97 Å². The van der Waals surface area contributed by atoms with E-state index < -0.39 is 5.97 Å². The normalized spacial score (nSPS) is 12.9. The van der Waals surface area contributed by atoms with Gasteiger partial charge in [0.1, 0.15) is 16.6 Å². The smallest absolute Gasteiger partial charge is 0.379 e. The Morgan fingerprint density at radius 2 is 1.45 bits per heavy atom. The largest absolute Gasteiger partial charge is 0.443 e. The van der Waals surface area contributed by atoms with Crippen molar-refractivity contribution < 1.29 is 13.9 Å². The summed E-state index contributed by atoms with van der Waals surface area (Å²) < 4.78 is 11.4. The van der Waals surface area contributed by atoms with E-state index >= 15 is 0 Å². The molecule has 0 bridgehead atoms. The van der Waals surface area contributed by atoms with Crippen LogP contribution in [-0.4, -0.2) is 5.97 Å². The van der Waals surface area contributed by atoms with E-state index in [2.05, 4.69) is 48.5 Å². The molecule has 0 fully saturated rings. The molecule has 2 heterocycles. The predicted molar refractivity (Wildman–Crippen MR) is 122 cm³/mol. The van der Waals surface area contributed by atoms with E-state index in [1.807, 2.05) is 58.6 Å². The summed E-state index contributed by atoms with van der Waals surface area (Å²) in [4.78, 5) is 18.6. The molecule has 142 valence electrons. The average molecular weight is 529 g/mol. The number of halogens is 1. The van der Waals surface area contributed by atoms with Crippen LogP contribution < -0.4 is 4.74 Å². The lowest BCUT2D eigenvalue weighted by molar-refractivity contribution is 0.0699. The van der Waals surface area contributed by atoms with E-state index in [0.29, 0.717) is 9.52 Å². The maximum absolute atomic E-state index is 12.2. The maximum atomic E-state index is 12.2. The summed E-state index contributed by atoms with van der Waals surface area (Å²) >= 11 is 3.84. The summed E-state index contributed by atoms with van der Waals surface area (Å²) in [5.74, 6) is 0.210. The van der Waals surface area contributed by atoms with Crippen molar-refractivity contribution in [1.82, 2.24) is 0 Å². The van der Waals surface area contributed by atoms with Crippen molar-refractivity contribution in [1.29, 1.82) is 0 Å². The molecule has 3 aromatic carbocycles. The molecule has 0 saturated carbocycles. The van der Waals surface area contributed by atoms with Crippen molar-refractivity contribution >= 4 is 51.2 Å². The molecule has 0 aliphatic carbocycles. The van der Waals surface area contributed by atoms with Crippen LogP contribution in [-0.2, 0) is 10.9 Å². The summed E-state index contributed by atoms with van der Waals surface area (Å²) in [5, 5.41) is 0. The molecule has 0 saturated heterocycles. The third kappa shape index (κ3) is 3.72. The first-order valence-corrected chi connectivity index (χ1v) is 12.0. The predicted octanol–water partition coefficient (Wildman–Crippen LogP) is 6.66. The second kappa shape index (κ2) is 7.93. The Hall–Kier alpha value is -2.16. The molecule has 0 radical (unpaired) electrons. The Morgan fingerprint density at radius 3 is 2.03 bits per heavy atom. The number of benzene rings is 3. The van der Waals surface area contributed by atoms with E-state index in [-0.39, 0.29) is 16.7 Å². The zero-order chi connectivity index (χ0) is 19.8. The minimum atomic E-state index is -0.493. The number of ether oxygens (including phenoxy) is 1. The van der Waals surface area contributed by atoms with E-state index in [9.17, 15) is 4.79 Å². The van der Waals surface area contributed by atoms with Gasteiger partial charge in [-0.3, -0.25) is 0 Å². The zero-order valence-electron chi connectivity index (χ0n) is 15.0. The Balaban J connectivity index is 1.47. The minimum Gasteiger partial charge on any atom is -0.443 e. The molecule has 4 aromatic rings. The quantitative estimate of drug-likeness (QED) is 0.113. The van der Waals surface area contributed by atoms with Crippen LogP contribution in [0.15, 0.2) is 114 Å². The molecule has 0 amide bonds. The number of rotatable bonds is 3. The fourth-order valence-electron chi connectivity index (χ4n) is 3.12. The molecular weight excluding hydrogens is 515 g/mol. The van der Waals surface area contributed by atoms with Crippen LogP contribution in [0.3, 0.4) is 0 Å². The van der Waals surface area contributed by atoms with Crippen LogP contribution in [0.25, 0.3) is 0 Å². The molecule has 0 N–H and O–H groups in total. The molecule has 5 rings (SSSR count). The summed E-state index contributed by atoms with van der Waals surface area (Å²) in [7, 11) is -0.192. The van der Waals surface area contributed by atoms with Crippen LogP contribution >= 0.6 is 34.4 Å². The molecular formula is C23H14IO3S2+. The zero-order valence-corrected chi connectivity index (χ0v) is 18.8. The van der Waals surface area contributed by atoms with Crippen LogP contribution in [0.5, 0.6) is 5.75 Å². The highest BCUT2D eigenvalue weighted by Crippen LogP contribution is 2.48. The first-order chi connectivity index (χ1) is 14.2. The minimum absolute atomic E-state index is 0.192. The highest BCUT2D eigenvalue weighted by atomic mass is 127. The van der Waals surface area contributed by atoms with Gasteiger partial charge in [0.25, 0.3) is 0 Å². The highest BCUT2D eigenvalue weighted by Gasteiger charge is 2.37. The number of hydrogen-bond acceptors (Lipinski definition) is 4. The van der Waals surface area contributed by atoms with Gasteiger partial charge in [0.2, 0.25) is 5.76 Å². The fourth-order valence-corrected chi connectivity index (χ4v) is 7.28. The van der Waals surface area contributed by atoms with Crippen molar-refractivity contribution in [2.75, 3.05) is 0 Å². The molecule has 1 aliphatic heterocycles. The molecule has 0 unspecified atom stereocenters. The van der Waals surface area contributed by atoms with E-state index in [1.54, 1.807) is 12.1 Å². The van der Waals surface area contributed by atoms with Crippen LogP contribution in [0.2, 0.25) is 0 Å². The van der Waals surface area contributed by atoms with Crippen LogP contribution in [0, 0.1) is 3.77 Å². The number of furan rings is 1. The van der Waals surface area contributed by atoms with Gasteiger partial charge < -0.3 is 9.15 Å². The van der Waals surface area contributed by atoms with Crippen molar-refractivity contribution in [3.63, 3.8) is 0 Å². The lowest BCUT2D eigenvalue weighted by Crippen LogP contribution is -2.11. The first-order valence-electron chi connectivity index (χ1n) is 8.87. The van der Waals surface area contributed by atoms with Crippen molar-refractivity contribution in [3.8, 4) is 5.75 Å². The number of fused-ring (bicyclic) bond motifs is 2. The molecule has 1 aromatic heterocycles. The third-order valence-electron chi connectivity index (χ3n) is 4.40. The van der Waals surface area contributed by atoms with Gasteiger partial charge in [0.05, 0.1) is 9.79 Å². The molecule has 6 heteroatoms. The Morgan fingerprint density at radius 1 is 0.828 bits per heavy atom. The van der Waals surface area contributed by atoms with Gasteiger partial charge in [0, 0.05) is 0 Å². The van der Waals surface area contributed by atoms with Crippen molar-refractivity contribution in [3.05, 3.63) is 94.5 Å². The lowest BCUT2D eigenvalue weighted by Gasteiger charge is -2.18. The molecule has 29 heavy (non-hydrogen) atoms. The second-order valence-corrected chi connectivity index (χ2v) is 10.4. The Kier molecular flexibility index (Phi) is 5.15. The number of esters is 1. The SMILES string of the molecule is O=C(Oc1ccc([S+]2c3ccccc3Sc3ccccc32)cc1)c1ccc(I)o1. The summed E-state index contributed by atoms with van der Waals surface area (Å²) in [5.41, 5.74) is 0. The van der Waals surface area contributed by atoms with Crippen LogP contribution in [0.1, 0.15) is 10.6 Å². The van der Waals surface area contributed by atoms with Gasteiger partial charge in [-0.2, -0.15) is 0 Å². The molecule has 0 atom stereocenters. The third-order valence-corrected chi connectivity index (χ3v) is 8.73. The van der Waals surface area contributed by atoms with E-state index in [1.165, 1.54) is 24.5 Å². The van der Waals surface area contributed by atoms with Crippen molar-refractivity contribution in [2.24, 2.45) is 0 Å². The number of hydrogen-bond donors (Lipinski definition) is 0. The summed E-state index contributed by atoms with van der Waals surface area (Å²) in [6.07, 6.45) is 0. The molecule has 0 spiro atoms. The Labute approximate surface area is 189 Å². The summed E-state index contributed by atoms with van der Waals surface area (Å²) in [6, 6.07) is 28.2. The second-order valence-electron chi connectivity index (χ2n) is 6.27. The number of carbonyl (C=O) groups is 1. The maximum Gasteiger partial charge on any atom is 0.379 e. The van der Waals surface area contributed by atoms with Gasteiger partial charge in [0.15, 0.2) is 18.5 Å². The topological polar surface area (TPSA) is 39.4 Å². The number of carbonyl (C=O) groups excluding carboxylic acids is 1. The van der Waals surface area contributed by atoms with Gasteiger partial charge in [-0.1, -0.05) is 36.0 Å². The lowest BCUT2D eigenvalue weighted by atomic mass is 10.3. The summed E-state index contributed by atoms with van der Waals surface area (Å²) in [6.45, 7) is 0. The fraction of sp³-hybridized carbons (Fsp3) is 0. The van der Waals surface area contributed by atoms with Gasteiger partial charge in [-0.25, -0.2) is 4.79 Å². The van der Waals surface area contributed by atoms with Crippen molar-refractivity contribution in [2.45, 2.75) is 24.5 Å². The first kappa shape index (κ1) is 18.8. The average Bonchev–Trinajstić information content (AvgIpc) is 3.19. The van der Waals surface area contributed by atoms with Gasteiger partial charge in [-0.05, 0) is 83.3 Å².